The van der Waals surface area contributed by atoms with Gasteiger partial charge in [-0.1, -0.05) is 12.1 Å². The summed E-state index contributed by atoms with van der Waals surface area (Å²) in [5.41, 5.74) is 4.85. The number of nitrogens with zero attached hydrogens (tertiary/aromatic N) is 1. The number of fused-ring (bicyclic) bond motifs is 1. The number of carbonyl (C=O) groups excluding carboxylic acids is 1. The number of aromatic nitrogens is 1. The molecule has 0 radical (unpaired) electrons. The molecule has 0 unspecified atom stereocenters. The van der Waals surface area contributed by atoms with E-state index in [9.17, 15) is 4.79 Å². The number of methoxy groups -OCH3 is 2. The van der Waals surface area contributed by atoms with Crippen LogP contribution in [0.2, 0.25) is 0 Å². The summed E-state index contributed by atoms with van der Waals surface area (Å²) in [6.07, 6.45) is 3.39. The molecule has 2 aromatic rings. The van der Waals surface area contributed by atoms with Crippen molar-refractivity contribution in [2.24, 2.45) is 0 Å². The molecular weight excluding hydrogens is 304 g/mol. The molecule has 0 fully saturated rings. The lowest BCUT2D eigenvalue weighted by Crippen LogP contribution is -2.24. The van der Waals surface area contributed by atoms with Crippen LogP contribution in [-0.4, -0.2) is 25.1 Å². The maximum absolute atomic E-state index is 12.4. The normalized spacial score (nSPS) is 12.8. The monoisotopic (exact) mass is 326 g/mol. The number of rotatable bonds is 6. The van der Waals surface area contributed by atoms with E-state index < -0.39 is 0 Å². The second kappa shape index (κ2) is 7.45. The first-order chi connectivity index (χ1) is 11.7. The van der Waals surface area contributed by atoms with Gasteiger partial charge >= 0.3 is 0 Å². The Balaban J connectivity index is 1.71. The van der Waals surface area contributed by atoms with Crippen LogP contribution in [0, 0.1) is 0 Å². The minimum absolute atomic E-state index is 0.199. The van der Waals surface area contributed by atoms with Crippen LogP contribution in [0.4, 0.5) is 0 Å². The van der Waals surface area contributed by atoms with Crippen molar-refractivity contribution in [2.45, 2.75) is 32.4 Å². The van der Waals surface area contributed by atoms with Gasteiger partial charge in [0.25, 0.3) is 5.91 Å². The van der Waals surface area contributed by atoms with Crippen molar-refractivity contribution in [3.05, 3.63) is 58.4 Å². The summed E-state index contributed by atoms with van der Waals surface area (Å²) in [5.74, 6) is 0.632. The first-order valence-corrected chi connectivity index (χ1v) is 8.13. The highest BCUT2D eigenvalue weighted by Gasteiger charge is 2.16. The third kappa shape index (κ3) is 3.57. The lowest BCUT2D eigenvalue weighted by Gasteiger charge is -2.12. The van der Waals surface area contributed by atoms with Crippen LogP contribution in [0.1, 0.15) is 39.3 Å². The van der Waals surface area contributed by atoms with Crippen LogP contribution in [0.5, 0.6) is 5.75 Å². The van der Waals surface area contributed by atoms with Crippen molar-refractivity contribution < 1.29 is 14.3 Å². The Morgan fingerprint density at radius 3 is 2.75 bits per heavy atom. The smallest absolute Gasteiger partial charge is 0.270 e. The Kier molecular flexibility index (Phi) is 5.11. The SMILES string of the molecule is COCc1cccc(C(=O)NCc2cc3c(cc2OC)CCC3)n1. The Labute approximate surface area is 142 Å². The van der Waals surface area contributed by atoms with Crippen LogP contribution in [-0.2, 0) is 30.7 Å². The Morgan fingerprint density at radius 2 is 2.00 bits per heavy atom. The topological polar surface area (TPSA) is 60.5 Å². The zero-order valence-corrected chi connectivity index (χ0v) is 14.1. The van der Waals surface area contributed by atoms with E-state index >= 15 is 0 Å². The summed E-state index contributed by atoms with van der Waals surface area (Å²) < 4.78 is 10.5. The van der Waals surface area contributed by atoms with Gasteiger partial charge in [0.05, 0.1) is 19.4 Å². The molecule has 1 aromatic carbocycles. The predicted octanol–water partition coefficient (Wildman–Crippen LogP) is 2.66. The fraction of sp³-hybridized carbons (Fsp3) is 0.368. The summed E-state index contributed by atoms with van der Waals surface area (Å²) in [6.45, 7) is 0.811. The molecule has 5 nitrogen and oxygen atoms in total. The predicted molar refractivity (Wildman–Crippen MR) is 91.1 cm³/mol. The number of ether oxygens (including phenoxy) is 2. The standard InChI is InChI=1S/C19H22N2O3/c1-23-12-16-7-4-8-17(21-16)19(22)20-11-15-9-13-5-3-6-14(13)10-18(15)24-2/h4,7-10H,3,5-6,11-12H2,1-2H3,(H,20,22). The summed E-state index contributed by atoms with van der Waals surface area (Å²) in [4.78, 5) is 16.7. The van der Waals surface area contributed by atoms with E-state index in [0.29, 0.717) is 18.8 Å². The van der Waals surface area contributed by atoms with Crippen LogP contribution in [0.25, 0.3) is 0 Å². The van der Waals surface area contributed by atoms with Gasteiger partial charge < -0.3 is 14.8 Å². The van der Waals surface area contributed by atoms with Gasteiger partial charge in [0.2, 0.25) is 0 Å². The molecule has 0 saturated heterocycles. The summed E-state index contributed by atoms with van der Waals surface area (Å²) in [7, 11) is 3.27. The fourth-order valence-electron chi connectivity index (χ4n) is 3.08. The molecule has 24 heavy (non-hydrogen) atoms. The largest absolute Gasteiger partial charge is 0.496 e. The number of nitrogens with one attached hydrogen (secondary N) is 1. The van der Waals surface area contributed by atoms with Crippen LogP contribution >= 0.6 is 0 Å². The minimum Gasteiger partial charge on any atom is -0.496 e. The highest BCUT2D eigenvalue weighted by atomic mass is 16.5. The number of amides is 1. The maximum Gasteiger partial charge on any atom is 0.270 e. The van der Waals surface area contributed by atoms with E-state index in [1.807, 2.05) is 12.1 Å². The van der Waals surface area contributed by atoms with Gasteiger partial charge in [0.1, 0.15) is 11.4 Å². The van der Waals surface area contributed by atoms with E-state index in [-0.39, 0.29) is 5.91 Å². The molecule has 1 N–H and O–H groups in total. The molecule has 1 amide bonds. The Morgan fingerprint density at radius 1 is 1.21 bits per heavy atom. The van der Waals surface area contributed by atoms with Gasteiger partial charge in [0, 0.05) is 19.2 Å². The van der Waals surface area contributed by atoms with Gasteiger partial charge in [-0.15, -0.1) is 0 Å². The lowest BCUT2D eigenvalue weighted by molar-refractivity contribution is 0.0944. The molecule has 1 aromatic heterocycles. The minimum atomic E-state index is -0.199. The molecule has 1 aliphatic carbocycles. The molecule has 5 heteroatoms. The number of hydrogen-bond donors (Lipinski definition) is 1. The zero-order chi connectivity index (χ0) is 16.9. The molecule has 0 bridgehead atoms. The van der Waals surface area contributed by atoms with Crippen LogP contribution in [0.15, 0.2) is 30.3 Å². The third-order valence-corrected chi connectivity index (χ3v) is 4.27. The molecule has 0 spiro atoms. The third-order valence-electron chi connectivity index (χ3n) is 4.27. The van der Waals surface area contributed by atoms with Gasteiger partial charge in [-0.2, -0.15) is 0 Å². The highest BCUT2D eigenvalue weighted by Crippen LogP contribution is 2.29. The molecule has 0 saturated carbocycles. The summed E-state index contributed by atoms with van der Waals surface area (Å²) in [5, 5.41) is 2.93. The zero-order valence-electron chi connectivity index (χ0n) is 14.1. The second-order valence-electron chi connectivity index (χ2n) is 5.92. The van der Waals surface area contributed by atoms with E-state index in [0.717, 1.165) is 29.8 Å². The van der Waals surface area contributed by atoms with Crippen molar-refractivity contribution in [2.75, 3.05) is 14.2 Å². The molecule has 0 aliphatic heterocycles. The van der Waals surface area contributed by atoms with Crippen molar-refractivity contribution in [1.29, 1.82) is 0 Å². The molecule has 1 heterocycles. The first kappa shape index (κ1) is 16.5. The van der Waals surface area contributed by atoms with Crippen molar-refractivity contribution in [1.82, 2.24) is 10.3 Å². The van der Waals surface area contributed by atoms with Crippen LogP contribution in [0.3, 0.4) is 0 Å². The molecule has 0 atom stereocenters. The highest BCUT2D eigenvalue weighted by molar-refractivity contribution is 5.92. The Hall–Kier alpha value is -2.40. The molecule has 1 aliphatic rings. The van der Waals surface area contributed by atoms with E-state index in [1.165, 1.54) is 17.5 Å². The summed E-state index contributed by atoms with van der Waals surface area (Å²) >= 11 is 0. The van der Waals surface area contributed by atoms with E-state index in [4.69, 9.17) is 9.47 Å². The summed E-state index contributed by atoms with van der Waals surface area (Å²) in [6, 6.07) is 9.60. The average Bonchev–Trinajstić information content (AvgIpc) is 3.06. The number of carbonyl (C=O) groups is 1. The van der Waals surface area contributed by atoms with Crippen molar-refractivity contribution in [3.8, 4) is 5.75 Å². The fourth-order valence-corrected chi connectivity index (χ4v) is 3.08. The molecule has 126 valence electrons. The Bertz CT molecular complexity index is 743. The van der Waals surface area contributed by atoms with E-state index in [2.05, 4.69) is 22.4 Å². The number of pyridine rings is 1. The van der Waals surface area contributed by atoms with Crippen LogP contribution < -0.4 is 10.1 Å². The number of hydrogen-bond acceptors (Lipinski definition) is 4. The van der Waals surface area contributed by atoms with Crippen molar-refractivity contribution >= 4 is 5.91 Å². The van der Waals surface area contributed by atoms with Gasteiger partial charge in [-0.3, -0.25) is 4.79 Å². The van der Waals surface area contributed by atoms with Gasteiger partial charge in [-0.05, 0) is 48.6 Å². The first-order valence-electron chi connectivity index (χ1n) is 8.13. The van der Waals surface area contributed by atoms with Gasteiger partial charge in [0.15, 0.2) is 0 Å². The van der Waals surface area contributed by atoms with E-state index in [1.54, 1.807) is 20.3 Å². The second-order valence-corrected chi connectivity index (χ2v) is 5.92. The molecular formula is C19H22N2O3. The maximum atomic E-state index is 12.4. The lowest BCUT2D eigenvalue weighted by atomic mass is 10.0. The average molecular weight is 326 g/mol. The molecule has 3 rings (SSSR count). The quantitative estimate of drug-likeness (QED) is 0.886. The van der Waals surface area contributed by atoms with Crippen molar-refractivity contribution in [3.63, 3.8) is 0 Å². The number of benzene rings is 1. The van der Waals surface area contributed by atoms with Gasteiger partial charge in [-0.25, -0.2) is 4.98 Å². The number of aryl methyl sites for hydroxylation is 2.